The predicted octanol–water partition coefficient (Wildman–Crippen LogP) is 0.762. The number of nitrogens with zero attached hydrogens (tertiary/aromatic N) is 2. The van der Waals surface area contributed by atoms with Crippen molar-refractivity contribution in [3.8, 4) is 12.3 Å². The van der Waals surface area contributed by atoms with Crippen LogP contribution >= 0.6 is 0 Å². The monoisotopic (exact) mass is 267 g/mol. The van der Waals surface area contributed by atoms with Crippen LogP contribution in [-0.4, -0.2) is 67.3 Å². The second-order valence-corrected chi connectivity index (χ2v) is 5.69. The van der Waals surface area contributed by atoms with Crippen molar-refractivity contribution in [3.05, 3.63) is 0 Å². The number of rotatable bonds is 4. The van der Waals surface area contributed by atoms with Crippen molar-refractivity contribution in [2.75, 3.05) is 45.8 Å². The zero-order chi connectivity index (χ0) is 14.3. The zero-order valence-corrected chi connectivity index (χ0v) is 12.2. The Hall–Kier alpha value is -1.25. The van der Waals surface area contributed by atoms with Crippen LogP contribution < -0.4 is 5.32 Å². The van der Waals surface area contributed by atoms with Crippen molar-refractivity contribution in [1.82, 2.24) is 15.1 Å². The van der Waals surface area contributed by atoms with Gasteiger partial charge in [-0.05, 0) is 20.8 Å². The fraction of sp³-hybridized carbons (Fsp3) is 0.786. The van der Waals surface area contributed by atoms with Gasteiger partial charge in [0.2, 0.25) is 0 Å². The Morgan fingerprint density at radius 2 is 1.95 bits per heavy atom. The molecule has 0 aliphatic carbocycles. The van der Waals surface area contributed by atoms with Crippen LogP contribution in [0.3, 0.4) is 0 Å². The molecule has 0 aromatic carbocycles. The molecule has 1 aliphatic heterocycles. The number of hydrogen-bond acceptors (Lipinski definition) is 4. The lowest BCUT2D eigenvalue weighted by Crippen LogP contribution is -2.51. The van der Waals surface area contributed by atoms with Gasteiger partial charge in [-0.2, -0.15) is 0 Å². The SMILES string of the molecule is C#CCNCCN1CCN(C(=O)OC(C)(C)C)CC1. The fourth-order valence-corrected chi connectivity index (χ4v) is 1.88. The Bertz CT molecular complexity index is 323. The first-order valence-corrected chi connectivity index (χ1v) is 6.77. The van der Waals surface area contributed by atoms with E-state index in [0.717, 1.165) is 39.3 Å². The highest BCUT2D eigenvalue weighted by Crippen LogP contribution is 2.11. The van der Waals surface area contributed by atoms with E-state index in [2.05, 4.69) is 16.1 Å². The van der Waals surface area contributed by atoms with Gasteiger partial charge >= 0.3 is 6.09 Å². The number of hydrogen-bond donors (Lipinski definition) is 1. The number of terminal acetylenes is 1. The number of nitrogens with one attached hydrogen (secondary N) is 1. The Morgan fingerprint density at radius 1 is 1.32 bits per heavy atom. The molecule has 0 bridgehead atoms. The number of carbonyl (C=O) groups excluding carboxylic acids is 1. The summed E-state index contributed by atoms with van der Waals surface area (Å²) in [6.07, 6.45) is 4.95. The summed E-state index contributed by atoms with van der Waals surface area (Å²) in [5, 5.41) is 3.16. The molecule has 0 spiro atoms. The highest BCUT2D eigenvalue weighted by atomic mass is 16.6. The quantitative estimate of drug-likeness (QED) is 0.603. The van der Waals surface area contributed by atoms with E-state index in [-0.39, 0.29) is 6.09 Å². The highest BCUT2D eigenvalue weighted by Gasteiger charge is 2.25. The number of piperazine rings is 1. The molecule has 0 aromatic heterocycles. The third kappa shape index (κ3) is 6.46. The van der Waals surface area contributed by atoms with E-state index < -0.39 is 5.60 Å². The molecule has 1 rings (SSSR count). The molecule has 19 heavy (non-hydrogen) atoms. The third-order valence-electron chi connectivity index (χ3n) is 2.86. The van der Waals surface area contributed by atoms with Gasteiger partial charge in [0, 0.05) is 39.3 Å². The standard InChI is InChI=1S/C14H25N3O2/c1-5-6-15-7-8-16-9-11-17(12-10-16)13(18)19-14(2,3)4/h1,15H,6-12H2,2-4H3. The summed E-state index contributed by atoms with van der Waals surface area (Å²) in [5.74, 6) is 2.55. The largest absolute Gasteiger partial charge is 0.444 e. The minimum Gasteiger partial charge on any atom is -0.444 e. The molecule has 1 aliphatic rings. The normalized spacial score (nSPS) is 17.1. The highest BCUT2D eigenvalue weighted by molar-refractivity contribution is 5.68. The van der Waals surface area contributed by atoms with Gasteiger partial charge in [0.1, 0.15) is 5.60 Å². The van der Waals surface area contributed by atoms with Gasteiger partial charge < -0.3 is 15.0 Å². The number of carbonyl (C=O) groups is 1. The molecule has 1 saturated heterocycles. The summed E-state index contributed by atoms with van der Waals surface area (Å²) in [5.41, 5.74) is -0.423. The lowest BCUT2D eigenvalue weighted by atomic mass is 10.2. The number of amides is 1. The summed E-state index contributed by atoms with van der Waals surface area (Å²) < 4.78 is 5.36. The van der Waals surface area contributed by atoms with Crippen LogP contribution in [0.1, 0.15) is 20.8 Å². The minimum absolute atomic E-state index is 0.211. The van der Waals surface area contributed by atoms with E-state index in [9.17, 15) is 4.79 Å². The van der Waals surface area contributed by atoms with E-state index in [4.69, 9.17) is 11.2 Å². The van der Waals surface area contributed by atoms with Crippen molar-refractivity contribution in [2.45, 2.75) is 26.4 Å². The van der Waals surface area contributed by atoms with E-state index in [1.165, 1.54) is 0 Å². The molecule has 0 saturated carbocycles. The molecule has 5 nitrogen and oxygen atoms in total. The fourth-order valence-electron chi connectivity index (χ4n) is 1.88. The van der Waals surface area contributed by atoms with Gasteiger partial charge in [-0.1, -0.05) is 5.92 Å². The Kier molecular flexibility index (Phi) is 6.13. The van der Waals surface area contributed by atoms with Crippen molar-refractivity contribution in [2.24, 2.45) is 0 Å². The van der Waals surface area contributed by atoms with Crippen LogP contribution in [0.4, 0.5) is 4.79 Å². The van der Waals surface area contributed by atoms with Gasteiger partial charge in [0.15, 0.2) is 0 Å². The average Bonchev–Trinajstić information content (AvgIpc) is 2.33. The summed E-state index contributed by atoms with van der Waals surface area (Å²) in [6, 6.07) is 0. The predicted molar refractivity (Wildman–Crippen MR) is 75.9 cm³/mol. The van der Waals surface area contributed by atoms with Crippen molar-refractivity contribution >= 4 is 6.09 Å². The molecule has 0 unspecified atom stereocenters. The lowest BCUT2D eigenvalue weighted by molar-refractivity contribution is 0.0146. The average molecular weight is 267 g/mol. The van der Waals surface area contributed by atoms with Gasteiger partial charge in [-0.3, -0.25) is 4.90 Å². The van der Waals surface area contributed by atoms with Gasteiger partial charge in [-0.15, -0.1) is 6.42 Å². The van der Waals surface area contributed by atoms with Crippen LogP contribution in [0.5, 0.6) is 0 Å². The first-order valence-electron chi connectivity index (χ1n) is 6.77. The second-order valence-electron chi connectivity index (χ2n) is 5.69. The minimum atomic E-state index is -0.423. The van der Waals surface area contributed by atoms with E-state index >= 15 is 0 Å². The maximum atomic E-state index is 11.9. The Morgan fingerprint density at radius 3 is 2.47 bits per heavy atom. The van der Waals surface area contributed by atoms with Crippen molar-refractivity contribution < 1.29 is 9.53 Å². The summed E-state index contributed by atoms with van der Waals surface area (Å²) in [7, 11) is 0. The van der Waals surface area contributed by atoms with Gasteiger partial charge in [-0.25, -0.2) is 4.79 Å². The van der Waals surface area contributed by atoms with Crippen molar-refractivity contribution in [3.63, 3.8) is 0 Å². The molecule has 0 radical (unpaired) electrons. The summed E-state index contributed by atoms with van der Waals surface area (Å²) in [4.78, 5) is 16.0. The van der Waals surface area contributed by atoms with Gasteiger partial charge in [0.05, 0.1) is 6.54 Å². The maximum absolute atomic E-state index is 11.9. The van der Waals surface area contributed by atoms with Crippen LogP contribution in [0.25, 0.3) is 0 Å². The molecular weight excluding hydrogens is 242 g/mol. The van der Waals surface area contributed by atoms with Crippen LogP contribution in [0.15, 0.2) is 0 Å². The van der Waals surface area contributed by atoms with Crippen LogP contribution in [-0.2, 0) is 4.74 Å². The first-order chi connectivity index (χ1) is 8.92. The first kappa shape index (κ1) is 15.8. The second kappa shape index (κ2) is 7.37. The molecule has 1 heterocycles. The maximum Gasteiger partial charge on any atom is 0.410 e. The molecule has 108 valence electrons. The van der Waals surface area contributed by atoms with Crippen LogP contribution in [0.2, 0.25) is 0 Å². The molecule has 1 N–H and O–H groups in total. The van der Waals surface area contributed by atoms with E-state index in [1.54, 1.807) is 4.90 Å². The third-order valence-corrected chi connectivity index (χ3v) is 2.86. The Labute approximate surface area is 116 Å². The molecule has 0 atom stereocenters. The number of ether oxygens (including phenoxy) is 1. The molecule has 5 heteroatoms. The molecule has 1 fully saturated rings. The molecular formula is C14H25N3O2. The topological polar surface area (TPSA) is 44.8 Å². The smallest absolute Gasteiger partial charge is 0.410 e. The molecule has 0 aromatic rings. The lowest BCUT2D eigenvalue weighted by Gasteiger charge is -2.35. The van der Waals surface area contributed by atoms with Crippen molar-refractivity contribution in [1.29, 1.82) is 0 Å². The molecule has 1 amide bonds. The van der Waals surface area contributed by atoms with Crippen LogP contribution in [0, 0.1) is 12.3 Å². The summed E-state index contributed by atoms with van der Waals surface area (Å²) in [6.45, 7) is 11.3. The van der Waals surface area contributed by atoms with Gasteiger partial charge in [0.25, 0.3) is 0 Å². The zero-order valence-electron chi connectivity index (χ0n) is 12.2. The van der Waals surface area contributed by atoms with E-state index in [0.29, 0.717) is 6.54 Å². The summed E-state index contributed by atoms with van der Waals surface area (Å²) >= 11 is 0. The Balaban J connectivity index is 2.22. The van der Waals surface area contributed by atoms with E-state index in [1.807, 2.05) is 20.8 Å².